The van der Waals surface area contributed by atoms with Gasteiger partial charge in [0.15, 0.2) is 0 Å². The van der Waals surface area contributed by atoms with E-state index >= 15 is 0 Å². The summed E-state index contributed by atoms with van der Waals surface area (Å²) in [6, 6.07) is -0.246. The Morgan fingerprint density at radius 2 is 1.76 bits per heavy atom. The van der Waals surface area contributed by atoms with Gasteiger partial charge in [-0.25, -0.2) is 0 Å². The highest BCUT2D eigenvalue weighted by Crippen LogP contribution is 1.95. The van der Waals surface area contributed by atoms with Crippen molar-refractivity contribution in [1.82, 2.24) is 10.6 Å². The van der Waals surface area contributed by atoms with Gasteiger partial charge in [0.25, 0.3) is 0 Å². The first-order valence-electron chi connectivity index (χ1n) is 6.24. The average Bonchev–Trinajstić information content (AvgIpc) is 2.33. The van der Waals surface area contributed by atoms with Crippen molar-refractivity contribution >= 4 is 11.9 Å². The Morgan fingerprint density at radius 3 is 2.24 bits per heavy atom. The summed E-state index contributed by atoms with van der Waals surface area (Å²) in [5, 5.41) is 5.72. The Kier molecular flexibility index (Phi) is 8.40. The van der Waals surface area contributed by atoms with Gasteiger partial charge in [0.05, 0.1) is 13.2 Å². The zero-order valence-electron chi connectivity index (χ0n) is 11.2. The molecule has 0 saturated carbocycles. The van der Waals surface area contributed by atoms with E-state index in [2.05, 4.69) is 10.6 Å². The number of ether oxygens (including phenoxy) is 1. The van der Waals surface area contributed by atoms with E-state index < -0.39 is 6.04 Å². The Labute approximate surface area is 103 Å². The summed E-state index contributed by atoms with van der Waals surface area (Å²) >= 11 is 0. The van der Waals surface area contributed by atoms with E-state index in [1.54, 1.807) is 13.8 Å². The van der Waals surface area contributed by atoms with Crippen LogP contribution in [0.3, 0.4) is 0 Å². The van der Waals surface area contributed by atoms with Gasteiger partial charge in [-0.3, -0.25) is 14.9 Å². The summed E-state index contributed by atoms with van der Waals surface area (Å²) in [6.07, 6.45) is 1.82. The number of hydrogen-bond acceptors (Lipinski definition) is 4. The molecule has 0 aromatic rings. The Hall–Kier alpha value is -1.10. The molecule has 0 bridgehead atoms. The predicted molar refractivity (Wildman–Crippen MR) is 66.6 cm³/mol. The third-order valence-electron chi connectivity index (χ3n) is 2.56. The number of amides is 1. The second kappa shape index (κ2) is 8.98. The van der Waals surface area contributed by atoms with Gasteiger partial charge in [-0.1, -0.05) is 13.8 Å². The Morgan fingerprint density at radius 1 is 1.18 bits per heavy atom. The van der Waals surface area contributed by atoms with Crippen molar-refractivity contribution in [1.29, 1.82) is 0 Å². The predicted octanol–water partition coefficient (Wildman–Crippen LogP) is 0.832. The van der Waals surface area contributed by atoms with Crippen molar-refractivity contribution in [2.75, 3.05) is 13.2 Å². The molecular weight excluding hydrogens is 220 g/mol. The lowest BCUT2D eigenvalue weighted by Gasteiger charge is -2.16. The average molecular weight is 244 g/mol. The second-order valence-electron chi connectivity index (χ2n) is 3.94. The quantitative estimate of drug-likeness (QED) is 0.621. The van der Waals surface area contributed by atoms with E-state index in [9.17, 15) is 9.59 Å². The first kappa shape index (κ1) is 15.9. The van der Waals surface area contributed by atoms with Crippen LogP contribution in [0.25, 0.3) is 0 Å². The lowest BCUT2D eigenvalue weighted by molar-refractivity contribution is -0.145. The third kappa shape index (κ3) is 6.94. The molecule has 0 aromatic heterocycles. The van der Waals surface area contributed by atoms with Crippen LogP contribution in [0.1, 0.15) is 40.5 Å². The maximum Gasteiger partial charge on any atom is 0.322 e. The van der Waals surface area contributed by atoms with Gasteiger partial charge in [-0.15, -0.1) is 0 Å². The molecule has 2 N–H and O–H groups in total. The molecule has 0 saturated heterocycles. The van der Waals surface area contributed by atoms with Crippen LogP contribution in [0.4, 0.5) is 0 Å². The van der Waals surface area contributed by atoms with Crippen LogP contribution < -0.4 is 10.6 Å². The van der Waals surface area contributed by atoms with Gasteiger partial charge in [0, 0.05) is 6.04 Å². The Balaban J connectivity index is 3.87. The van der Waals surface area contributed by atoms with Gasteiger partial charge in [0.1, 0.15) is 6.04 Å². The van der Waals surface area contributed by atoms with Crippen molar-refractivity contribution in [2.45, 2.75) is 52.6 Å². The molecule has 0 spiro atoms. The summed E-state index contributed by atoms with van der Waals surface area (Å²) in [7, 11) is 0. The lowest BCUT2D eigenvalue weighted by atomic mass is 10.2. The van der Waals surface area contributed by atoms with Crippen molar-refractivity contribution in [3.63, 3.8) is 0 Å². The van der Waals surface area contributed by atoms with E-state index in [4.69, 9.17) is 4.74 Å². The van der Waals surface area contributed by atoms with Crippen LogP contribution in [0.5, 0.6) is 0 Å². The second-order valence-corrected chi connectivity index (χ2v) is 3.94. The molecule has 0 aliphatic carbocycles. The SMILES string of the molecule is CCOC(=O)C(C)NCC(=O)NC(CC)CC. The number of rotatable bonds is 8. The lowest BCUT2D eigenvalue weighted by Crippen LogP contribution is -2.44. The number of carbonyl (C=O) groups excluding carboxylic acids is 2. The summed E-state index contributed by atoms with van der Waals surface area (Å²) < 4.78 is 4.83. The zero-order chi connectivity index (χ0) is 13.3. The van der Waals surface area contributed by atoms with Crippen molar-refractivity contribution < 1.29 is 14.3 Å². The number of nitrogens with one attached hydrogen (secondary N) is 2. The molecule has 0 heterocycles. The largest absolute Gasteiger partial charge is 0.465 e. The van der Waals surface area contributed by atoms with E-state index in [1.165, 1.54) is 0 Å². The van der Waals surface area contributed by atoms with Gasteiger partial charge in [0.2, 0.25) is 5.91 Å². The zero-order valence-corrected chi connectivity index (χ0v) is 11.2. The van der Waals surface area contributed by atoms with Crippen LogP contribution in [0.15, 0.2) is 0 Å². The number of esters is 1. The smallest absolute Gasteiger partial charge is 0.322 e. The van der Waals surface area contributed by atoms with Crippen molar-refractivity contribution in [3.8, 4) is 0 Å². The molecule has 0 rings (SSSR count). The van der Waals surface area contributed by atoms with E-state index in [0.29, 0.717) is 6.61 Å². The fourth-order valence-corrected chi connectivity index (χ4v) is 1.37. The van der Waals surface area contributed by atoms with Gasteiger partial charge in [-0.2, -0.15) is 0 Å². The topological polar surface area (TPSA) is 67.4 Å². The van der Waals surface area contributed by atoms with Gasteiger partial charge in [-0.05, 0) is 26.7 Å². The molecule has 0 fully saturated rings. The molecule has 0 radical (unpaired) electrons. The van der Waals surface area contributed by atoms with Gasteiger partial charge < -0.3 is 10.1 Å². The van der Waals surface area contributed by atoms with E-state index in [1.807, 2.05) is 13.8 Å². The molecule has 0 aliphatic heterocycles. The van der Waals surface area contributed by atoms with Crippen LogP contribution in [0, 0.1) is 0 Å². The van der Waals surface area contributed by atoms with Crippen molar-refractivity contribution in [2.24, 2.45) is 0 Å². The van der Waals surface area contributed by atoms with Crippen LogP contribution >= 0.6 is 0 Å². The molecule has 1 atom stereocenters. The minimum absolute atomic E-state index is 0.0881. The van der Waals surface area contributed by atoms with Gasteiger partial charge >= 0.3 is 5.97 Å². The minimum Gasteiger partial charge on any atom is -0.465 e. The molecule has 5 nitrogen and oxygen atoms in total. The molecule has 1 unspecified atom stereocenters. The maximum absolute atomic E-state index is 11.5. The summed E-state index contributed by atoms with van der Waals surface area (Å²) in [4.78, 5) is 22.8. The standard InChI is InChI=1S/C12H24N2O3/c1-5-10(6-2)14-11(15)8-13-9(4)12(16)17-7-3/h9-10,13H,5-8H2,1-4H3,(H,14,15). The monoisotopic (exact) mass is 244 g/mol. The molecule has 1 amide bonds. The maximum atomic E-state index is 11.5. The number of hydrogen-bond donors (Lipinski definition) is 2. The first-order chi connectivity index (χ1) is 8.04. The van der Waals surface area contributed by atoms with E-state index in [0.717, 1.165) is 12.8 Å². The minimum atomic E-state index is -0.456. The molecule has 5 heteroatoms. The molecular formula is C12H24N2O3. The fraction of sp³-hybridized carbons (Fsp3) is 0.833. The normalized spacial score (nSPS) is 12.3. The fourth-order valence-electron chi connectivity index (χ4n) is 1.37. The first-order valence-corrected chi connectivity index (χ1v) is 6.24. The van der Waals surface area contributed by atoms with Crippen LogP contribution in [-0.4, -0.2) is 37.1 Å². The third-order valence-corrected chi connectivity index (χ3v) is 2.56. The summed E-state index contributed by atoms with van der Waals surface area (Å²) in [6.45, 7) is 7.99. The van der Waals surface area contributed by atoms with E-state index in [-0.39, 0.29) is 24.5 Å². The molecule has 17 heavy (non-hydrogen) atoms. The summed E-state index contributed by atoms with van der Waals surface area (Å²) in [5.41, 5.74) is 0. The highest BCUT2D eigenvalue weighted by molar-refractivity contribution is 5.80. The molecule has 100 valence electrons. The number of carbonyl (C=O) groups is 2. The van der Waals surface area contributed by atoms with Crippen molar-refractivity contribution in [3.05, 3.63) is 0 Å². The van der Waals surface area contributed by atoms with Crippen LogP contribution in [-0.2, 0) is 14.3 Å². The highest BCUT2D eigenvalue weighted by Gasteiger charge is 2.15. The molecule has 0 aliphatic rings. The summed E-state index contributed by atoms with van der Waals surface area (Å²) in [5.74, 6) is -0.419. The highest BCUT2D eigenvalue weighted by atomic mass is 16.5. The molecule has 0 aromatic carbocycles. The Bertz CT molecular complexity index is 240. The van der Waals surface area contributed by atoms with Crippen LogP contribution in [0.2, 0.25) is 0 Å².